The number of pyridine rings is 1. The summed E-state index contributed by atoms with van der Waals surface area (Å²) in [5, 5.41) is 7.28. The molecule has 1 aliphatic carbocycles. The molecule has 4 nitrogen and oxygen atoms in total. The van der Waals surface area contributed by atoms with Crippen LogP contribution in [-0.2, 0) is 12.8 Å². The number of rotatable bonds is 2. The number of nitrogens with two attached hydrogens (primary N) is 1. The van der Waals surface area contributed by atoms with E-state index in [2.05, 4.69) is 33.4 Å². The molecule has 21 heavy (non-hydrogen) atoms. The molecule has 1 aromatic carbocycles. The van der Waals surface area contributed by atoms with Gasteiger partial charge in [0.15, 0.2) is 5.82 Å². The molecule has 2 aromatic heterocycles. The number of anilines is 1. The van der Waals surface area contributed by atoms with Crippen molar-refractivity contribution in [2.45, 2.75) is 19.3 Å². The van der Waals surface area contributed by atoms with Crippen LogP contribution >= 0.6 is 0 Å². The molecule has 3 aromatic rings. The average molecular weight is 276 g/mol. The Balaban J connectivity index is 1.87. The van der Waals surface area contributed by atoms with Gasteiger partial charge in [0.25, 0.3) is 0 Å². The SMILES string of the molecule is Nc1n[nH]c(-c2ccc3c(c2)CCC3)c1-c1ccncc1. The number of fused-ring (bicyclic) bond motifs is 1. The Morgan fingerprint density at radius 2 is 1.76 bits per heavy atom. The Morgan fingerprint density at radius 1 is 0.952 bits per heavy atom. The Hall–Kier alpha value is -2.62. The van der Waals surface area contributed by atoms with Crippen molar-refractivity contribution in [1.29, 1.82) is 0 Å². The van der Waals surface area contributed by atoms with Crippen molar-refractivity contribution in [3.05, 3.63) is 53.9 Å². The second-order valence-electron chi connectivity index (χ2n) is 5.43. The van der Waals surface area contributed by atoms with E-state index >= 15 is 0 Å². The molecular formula is C17H16N4. The first-order valence-corrected chi connectivity index (χ1v) is 7.19. The number of H-pyrrole nitrogens is 1. The van der Waals surface area contributed by atoms with Crippen molar-refractivity contribution in [2.75, 3.05) is 5.73 Å². The van der Waals surface area contributed by atoms with Crippen LogP contribution in [0.1, 0.15) is 17.5 Å². The molecule has 4 rings (SSSR count). The van der Waals surface area contributed by atoms with Crippen molar-refractivity contribution >= 4 is 5.82 Å². The predicted molar refractivity (Wildman–Crippen MR) is 83.7 cm³/mol. The summed E-state index contributed by atoms with van der Waals surface area (Å²) in [6.45, 7) is 0. The number of benzene rings is 1. The second-order valence-corrected chi connectivity index (χ2v) is 5.43. The highest BCUT2D eigenvalue weighted by Crippen LogP contribution is 2.36. The molecule has 104 valence electrons. The third-order valence-corrected chi connectivity index (χ3v) is 4.15. The van der Waals surface area contributed by atoms with Gasteiger partial charge in [0, 0.05) is 18.0 Å². The third-order valence-electron chi connectivity index (χ3n) is 4.15. The maximum Gasteiger partial charge on any atom is 0.153 e. The highest BCUT2D eigenvalue weighted by atomic mass is 15.2. The van der Waals surface area contributed by atoms with Gasteiger partial charge in [-0.1, -0.05) is 12.1 Å². The maximum atomic E-state index is 6.06. The van der Waals surface area contributed by atoms with E-state index in [1.807, 2.05) is 12.1 Å². The van der Waals surface area contributed by atoms with Crippen LogP contribution in [0.2, 0.25) is 0 Å². The van der Waals surface area contributed by atoms with E-state index in [1.54, 1.807) is 12.4 Å². The zero-order valence-electron chi connectivity index (χ0n) is 11.6. The second kappa shape index (κ2) is 4.74. The largest absolute Gasteiger partial charge is 0.382 e. The maximum absolute atomic E-state index is 6.06. The molecule has 0 saturated heterocycles. The summed E-state index contributed by atoms with van der Waals surface area (Å²) in [6, 6.07) is 10.6. The fraction of sp³-hybridized carbons (Fsp3) is 0.176. The summed E-state index contributed by atoms with van der Waals surface area (Å²) in [7, 11) is 0. The molecular weight excluding hydrogens is 260 g/mol. The van der Waals surface area contributed by atoms with Gasteiger partial charge in [-0.15, -0.1) is 0 Å². The molecule has 0 bridgehead atoms. The van der Waals surface area contributed by atoms with Gasteiger partial charge in [0.05, 0.1) is 11.3 Å². The molecule has 2 heterocycles. The van der Waals surface area contributed by atoms with Crippen molar-refractivity contribution in [3.63, 3.8) is 0 Å². The molecule has 0 aliphatic heterocycles. The van der Waals surface area contributed by atoms with Crippen LogP contribution in [0, 0.1) is 0 Å². The number of nitrogens with zero attached hydrogens (tertiary/aromatic N) is 2. The van der Waals surface area contributed by atoms with Crippen LogP contribution in [0.15, 0.2) is 42.7 Å². The Kier molecular flexibility index (Phi) is 2.74. The van der Waals surface area contributed by atoms with Gasteiger partial charge >= 0.3 is 0 Å². The van der Waals surface area contributed by atoms with Crippen LogP contribution in [0.5, 0.6) is 0 Å². The zero-order valence-corrected chi connectivity index (χ0v) is 11.6. The summed E-state index contributed by atoms with van der Waals surface area (Å²) in [4.78, 5) is 4.06. The normalized spacial score (nSPS) is 13.3. The monoisotopic (exact) mass is 276 g/mol. The molecule has 3 N–H and O–H groups in total. The van der Waals surface area contributed by atoms with E-state index in [1.165, 1.54) is 24.0 Å². The minimum absolute atomic E-state index is 0.525. The first-order valence-electron chi connectivity index (χ1n) is 7.19. The lowest BCUT2D eigenvalue weighted by molar-refractivity contribution is 0.912. The minimum Gasteiger partial charge on any atom is -0.382 e. The van der Waals surface area contributed by atoms with E-state index in [0.29, 0.717) is 5.82 Å². The molecule has 0 fully saturated rings. The number of aromatic nitrogens is 3. The number of aryl methyl sites for hydroxylation is 2. The summed E-state index contributed by atoms with van der Waals surface area (Å²) in [6.07, 6.45) is 7.15. The summed E-state index contributed by atoms with van der Waals surface area (Å²) in [5.41, 5.74) is 13.1. The average Bonchev–Trinajstić information content (AvgIpc) is 3.13. The van der Waals surface area contributed by atoms with Crippen molar-refractivity contribution in [2.24, 2.45) is 0 Å². The zero-order chi connectivity index (χ0) is 14.2. The smallest absolute Gasteiger partial charge is 0.153 e. The van der Waals surface area contributed by atoms with Crippen molar-refractivity contribution in [3.8, 4) is 22.4 Å². The Morgan fingerprint density at radius 3 is 2.62 bits per heavy atom. The van der Waals surface area contributed by atoms with Gasteiger partial charge in [0.2, 0.25) is 0 Å². The standard InChI is InChI=1S/C17H16N4/c18-17-15(12-6-8-19-9-7-12)16(20-21-17)14-5-4-11-2-1-3-13(11)10-14/h4-10H,1-3H2,(H3,18,20,21). The van der Waals surface area contributed by atoms with Gasteiger partial charge < -0.3 is 5.73 Å². The highest BCUT2D eigenvalue weighted by Gasteiger charge is 2.17. The van der Waals surface area contributed by atoms with Gasteiger partial charge in [-0.25, -0.2) is 0 Å². The summed E-state index contributed by atoms with van der Waals surface area (Å²) in [5.74, 6) is 0.525. The quantitative estimate of drug-likeness (QED) is 0.755. The van der Waals surface area contributed by atoms with Gasteiger partial charge in [0.1, 0.15) is 0 Å². The fourth-order valence-corrected chi connectivity index (χ4v) is 3.10. The highest BCUT2D eigenvalue weighted by molar-refractivity contribution is 5.87. The van der Waals surface area contributed by atoms with Crippen molar-refractivity contribution < 1.29 is 0 Å². The van der Waals surface area contributed by atoms with Crippen molar-refractivity contribution in [1.82, 2.24) is 15.2 Å². The number of hydrogen-bond acceptors (Lipinski definition) is 3. The minimum atomic E-state index is 0.525. The van der Waals surface area contributed by atoms with Gasteiger partial charge in [-0.05, 0) is 54.2 Å². The molecule has 0 radical (unpaired) electrons. The van der Waals surface area contributed by atoms with E-state index in [4.69, 9.17) is 5.73 Å². The van der Waals surface area contributed by atoms with Crippen LogP contribution in [0.25, 0.3) is 22.4 Å². The van der Waals surface area contributed by atoms with E-state index in [9.17, 15) is 0 Å². The molecule has 0 saturated carbocycles. The lowest BCUT2D eigenvalue weighted by Crippen LogP contribution is -1.90. The summed E-state index contributed by atoms with van der Waals surface area (Å²) >= 11 is 0. The predicted octanol–water partition coefficient (Wildman–Crippen LogP) is 3.21. The summed E-state index contributed by atoms with van der Waals surface area (Å²) < 4.78 is 0. The van der Waals surface area contributed by atoms with Crippen LogP contribution in [0.4, 0.5) is 5.82 Å². The number of hydrogen-bond donors (Lipinski definition) is 2. The Bertz CT molecular complexity index is 790. The van der Waals surface area contributed by atoms with E-state index < -0.39 is 0 Å². The van der Waals surface area contributed by atoms with Crippen LogP contribution in [0.3, 0.4) is 0 Å². The molecule has 0 amide bonds. The molecule has 4 heteroatoms. The van der Waals surface area contributed by atoms with Crippen LogP contribution < -0.4 is 5.73 Å². The van der Waals surface area contributed by atoms with E-state index in [-0.39, 0.29) is 0 Å². The molecule has 0 atom stereocenters. The number of aromatic amines is 1. The first kappa shape index (κ1) is 12.1. The third kappa shape index (κ3) is 2.00. The first-order chi connectivity index (χ1) is 10.3. The number of nitrogens with one attached hydrogen (secondary N) is 1. The van der Waals surface area contributed by atoms with Gasteiger partial charge in [-0.3, -0.25) is 10.1 Å². The lowest BCUT2D eigenvalue weighted by Gasteiger charge is -2.07. The number of nitrogen functional groups attached to an aromatic ring is 1. The molecule has 1 aliphatic rings. The fourth-order valence-electron chi connectivity index (χ4n) is 3.10. The molecule has 0 unspecified atom stereocenters. The van der Waals surface area contributed by atoms with Crippen LogP contribution in [-0.4, -0.2) is 15.2 Å². The Labute approximate surface area is 123 Å². The molecule has 0 spiro atoms. The topological polar surface area (TPSA) is 67.6 Å². The van der Waals surface area contributed by atoms with Gasteiger partial charge in [-0.2, -0.15) is 5.10 Å². The van der Waals surface area contributed by atoms with E-state index in [0.717, 1.165) is 28.8 Å². The lowest BCUT2D eigenvalue weighted by atomic mass is 9.99.